The van der Waals surface area contributed by atoms with Gasteiger partial charge in [0.2, 0.25) is 5.91 Å². The first-order chi connectivity index (χ1) is 17.9. The zero-order valence-corrected chi connectivity index (χ0v) is 21.7. The molecular formula is C25H20Cl2FN5O3S. The minimum atomic E-state index is -0.532. The summed E-state index contributed by atoms with van der Waals surface area (Å²) in [4.78, 5) is 25.2. The van der Waals surface area contributed by atoms with Crippen molar-refractivity contribution in [3.05, 3.63) is 94.0 Å². The van der Waals surface area contributed by atoms with Gasteiger partial charge in [0, 0.05) is 5.02 Å². The van der Waals surface area contributed by atoms with Crippen LogP contribution in [0, 0.1) is 5.82 Å². The molecule has 1 heterocycles. The molecule has 12 heteroatoms. The van der Waals surface area contributed by atoms with E-state index in [4.69, 9.17) is 27.9 Å². The van der Waals surface area contributed by atoms with Crippen LogP contribution in [0.2, 0.25) is 10.0 Å². The molecule has 4 rings (SSSR count). The van der Waals surface area contributed by atoms with Crippen LogP contribution in [0.5, 0.6) is 5.75 Å². The first-order valence-corrected chi connectivity index (χ1v) is 12.6. The molecule has 0 aliphatic carbocycles. The molecule has 2 amide bonds. The Labute approximate surface area is 226 Å². The fraction of sp³-hybridized carbons (Fsp3) is 0.120. The normalized spacial score (nSPS) is 10.7. The van der Waals surface area contributed by atoms with Crippen molar-refractivity contribution in [3.63, 3.8) is 0 Å². The van der Waals surface area contributed by atoms with Gasteiger partial charge in [0.15, 0.2) is 11.0 Å². The van der Waals surface area contributed by atoms with Crippen LogP contribution in [0.25, 0.3) is 5.69 Å². The molecule has 0 saturated heterocycles. The molecule has 2 N–H and O–H groups in total. The van der Waals surface area contributed by atoms with E-state index in [1.165, 1.54) is 37.4 Å². The second-order valence-corrected chi connectivity index (χ2v) is 9.32. The Morgan fingerprint density at radius 2 is 1.81 bits per heavy atom. The highest BCUT2D eigenvalue weighted by atomic mass is 35.5. The fourth-order valence-electron chi connectivity index (χ4n) is 3.37. The molecule has 0 spiro atoms. The molecule has 0 bridgehead atoms. The Balaban J connectivity index is 1.56. The lowest BCUT2D eigenvalue weighted by Gasteiger charge is -2.14. The Morgan fingerprint density at radius 3 is 2.59 bits per heavy atom. The van der Waals surface area contributed by atoms with Crippen LogP contribution >= 0.6 is 35.0 Å². The fourth-order valence-corrected chi connectivity index (χ4v) is 4.51. The van der Waals surface area contributed by atoms with Gasteiger partial charge in [-0.15, -0.1) is 10.2 Å². The number of hydrogen-bond donors (Lipinski definition) is 2. The predicted octanol–water partition coefficient (Wildman–Crippen LogP) is 5.38. The largest absolute Gasteiger partial charge is 0.495 e. The van der Waals surface area contributed by atoms with E-state index in [9.17, 15) is 14.0 Å². The third kappa shape index (κ3) is 6.40. The third-order valence-corrected chi connectivity index (χ3v) is 6.58. The number of para-hydroxylation sites is 3. The van der Waals surface area contributed by atoms with Gasteiger partial charge in [0.05, 0.1) is 41.4 Å². The summed E-state index contributed by atoms with van der Waals surface area (Å²) in [5, 5.41) is 14.7. The van der Waals surface area contributed by atoms with Crippen LogP contribution in [-0.2, 0) is 11.3 Å². The Bertz CT molecular complexity index is 1450. The van der Waals surface area contributed by atoms with E-state index >= 15 is 0 Å². The average Bonchev–Trinajstić information content (AvgIpc) is 3.31. The van der Waals surface area contributed by atoms with Crippen molar-refractivity contribution >= 4 is 52.5 Å². The summed E-state index contributed by atoms with van der Waals surface area (Å²) in [5.41, 5.74) is 0.913. The highest BCUT2D eigenvalue weighted by Crippen LogP contribution is 2.29. The number of carbonyl (C=O) groups is 2. The van der Waals surface area contributed by atoms with Crippen molar-refractivity contribution in [2.75, 3.05) is 18.2 Å². The van der Waals surface area contributed by atoms with Crippen molar-refractivity contribution in [2.45, 2.75) is 11.7 Å². The molecule has 1 aromatic heterocycles. The van der Waals surface area contributed by atoms with Gasteiger partial charge in [0.1, 0.15) is 11.6 Å². The van der Waals surface area contributed by atoms with Crippen molar-refractivity contribution < 1.29 is 18.7 Å². The Hall–Kier alpha value is -3.60. The van der Waals surface area contributed by atoms with Gasteiger partial charge >= 0.3 is 0 Å². The SMILES string of the molecule is COc1ccccc1-n1c(CNC(=O)c2cc(Cl)ccc2Cl)nnc1SCC(=O)Nc1ccccc1F. The number of amides is 2. The summed E-state index contributed by atoms with van der Waals surface area (Å²) in [7, 11) is 1.53. The summed E-state index contributed by atoms with van der Waals surface area (Å²) in [5.74, 6) is -0.545. The number of methoxy groups -OCH3 is 1. The summed E-state index contributed by atoms with van der Waals surface area (Å²) >= 11 is 13.3. The maximum absolute atomic E-state index is 13.9. The summed E-state index contributed by atoms with van der Waals surface area (Å²) in [6.45, 7) is -0.00525. The van der Waals surface area contributed by atoms with E-state index in [0.717, 1.165) is 11.8 Å². The van der Waals surface area contributed by atoms with Gasteiger partial charge in [-0.3, -0.25) is 14.2 Å². The van der Waals surface area contributed by atoms with Crippen LogP contribution in [0.15, 0.2) is 71.9 Å². The van der Waals surface area contributed by atoms with Gasteiger partial charge in [-0.1, -0.05) is 59.2 Å². The highest BCUT2D eigenvalue weighted by Gasteiger charge is 2.20. The number of rotatable bonds is 9. The average molecular weight is 560 g/mol. The first kappa shape index (κ1) is 26.5. The van der Waals surface area contributed by atoms with E-state index in [1.54, 1.807) is 28.8 Å². The summed E-state index contributed by atoms with van der Waals surface area (Å²) in [6.07, 6.45) is 0. The second kappa shape index (κ2) is 12.1. The zero-order chi connectivity index (χ0) is 26.4. The topological polar surface area (TPSA) is 98.1 Å². The highest BCUT2D eigenvalue weighted by molar-refractivity contribution is 7.99. The standard InChI is InChI=1S/C25H20Cl2FN5O3S/c1-36-21-9-5-4-8-20(21)33-22(13-29-24(35)16-12-15(26)10-11-17(16)27)31-32-25(33)37-14-23(34)30-19-7-3-2-6-18(19)28/h2-12H,13-14H2,1H3,(H,29,35)(H,30,34). The maximum Gasteiger partial charge on any atom is 0.253 e. The van der Waals surface area contributed by atoms with Crippen LogP contribution in [-0.4, -0.2) is 39.4 Å². The van der Waals surface area contributed by atoms with Gasteiger partial charge in [0.25, 0.3) is 5.91 Å². The zero-order valence-electron chi connectivity index (χ0n) is 19.4. The Kier molecular flexibility index (Phi) is 8.65. The van der Waals surface area contributed by atoms with E-state index < -0.39 is 17.6 Å². The van der Waals surface area contributed by atoms with Crippen LogP contribution in [0.1, 0.15) is 16.2 Å². The molecule has 0 aliphatic rings. The molecule has 0 saturated carbocycles. The van der Waals surface area contributed by atoms with Crippen LogP contribution in [0.4, 0.5) is 10.1 Å². The molecule has 0 radical (unpaired) electrons. The number of nitrogens with one attached hydrogen (secondary N) is 2. The molecule has 8 nitrogen and oxygen atoms in total. The molecule has 0 unspecified atom stereocenters. The molecular weight excluding hydrogens is 540 g/mol. The van der Waals surface area contributed by atoms with E-state index in [1.807, 2.05) is 12.1 Å². The number of anilines is 1. The lowest BCUT2D eigenvalue weighted by molar-refractivity contribution is -0.113. The lowest BCUT2D eigenvalue weighted by Crippen LogP contribution is -2.25. The van der Waals surface area contributed by atoms with E-state index in [-0.39, 0.29) is 28.6 Å². The smallest absolute Gasteiger partial charge is 0.253 e. The molecule has 4 aromatic rings. The van der Waals surface area contributed by atoms with Crippen LogP contribution in [0.3, 0.4) is 0 Å². The van der Waals surface area contributed by atoms with Crippen LogP contribution < -0.4 is 15.4 Å². The number of ether oxygens (including phenoxy) is 1. The van der Waals surface area contributed by atoms with Gasteiger partial charge in [-0.25, -0.2) is 4.39 Å². The van der Waals surface area contributed by atoms with Gasteiger partial charge in [-0.05, 0) is 42.5 Å². The first-order valence-electron chi connectivity index (χ1n) is 10.9. The van der Waals surface area contributed by atoms with Crippen molar-refractivity contribution in [1.82, 2.24) is 20.1 Å². The molecule has 0 fully saturated rings. The lowest BCUT2D eigenvalue weighted by atomic mass is 10.2. The maximum atomic E-state index is 13.9. The monoisotopic (exact) mass is 559 g/mol. The van der Waals surface area contributed by atoms with Gasteiger partial charge in [-0.2, -0.15) is 0 Å². The number of nitrogens with zero attached hydrogens (tertiary/aromatic N) is 3. The molecule has 0 aliphatic heterocycles. The van der Waals surface area contributed by atoms with Gasteiger partial charge < -0.3 is 15.4 Å². The number of hydrogen-bond acceptors (Lipinski definition) is 6. The number of carbonyl (C=O) groups excluding carboxylic acids is 2. The van der Waals surface area contributed by atoms with E-state index in [2.05, 4.69) is 20.8 Å². The molecule has 37 heavy (non-hydrogen) atoms. The summed E-state index contributed by atoms with van der Waals surface area (Å²) < 4.78 is 21.1. The Morgan fingerprint density at radius 1 is 1.05 bits per heavy atom. The van der Waals surface area contributed by atoms with Crippen molar-refractivity contribution in [3.8, 4) is 11.4 Å². The second-order valence-electron chi connectivity index (χ2n) is 7.53. The van der Waals surface area contributed by atoms with Crippen molar-refractivity contribution in [2.24, 2.45) is 0 Å². The minimum absolute atomic E-state index is 0.00525. The number of aromatic nitrogens is 3. The number of benzene rings is 3. The third-order valence-electron chi connectivity index (χ3n) is 5.09. The molecule has 3 aromatic carbocycles. The van der Waals surface area contributed by atoms with E-state index in [0.29, 0.717) is 27.4 Å². The molecule has 0 atom stereocenters. The van der Waals surface area contributed by atoms with Crippen molar-refractivity contribution in [1.29, 1.82) is 0 Å². The predicted molar refractivity (Wildman–Crippen MR) is 141 cm³/mol. The number of halogens is 3. The minimum Gasteiger partial charge on any atom is -0.495 e. The quantitative estimate of drug-likeness (QED) is 0.267. The molecule has 190 valence electrons. The number of thioether (sulfide) groups is 1. The summed E-state index contributed by atoms with van der Waals surface area (Å²) in [6, 6.07) is 17.7.